The van der Waals surface area contributed by atoms with Gasteiger partial charge >= 0.3 is 5.97 Å². The average Bonchev–Trinajstić information content (AvgIpc) is 2.97. The molecule has 0 bridgehead atoms. The number of methoxy groups -OCH3 is 2. The molecule has 1 heterocycles. The smallest absolute Gasteiger partial charge is 0.325 e. The highest BCUT2D eigenvalue weighted by atomic mass is 32.1. The number of hydrogen-bond donors (Lipinski definition) is 1. The van der Waals surface area contributed by atoms with Crippen LogP contribution in [0, 0.1) is 0 Å². The minimum absolute atomic E-state index is 0.0635. The van der Waals surface area contributed by atoms with Gasteiger partial charge in [-0.2, -0.15) is 0 Å². The Morgan fingerprint density at radius 2 is 1.87 bits per heavy atom. The van der Waals surface area contributed by atoms with Gasteiger partial charge in [-0.1, -0.05) is 25.1 Å². The van der Waals surface area contributed by atoms with Crippen LogP contribution in [0.4, 0.5) is 5.69 Å². The summed E-state index contributed by atoms with van der Waals surface area (Å²) in [6.07, 6.45) is 2.44. The summed E-state index contributed by atoms with van der Waals surface area (Å²) in [6, 6.07) is 12.3. The third-order valence-electron chi connectivity index (χ3n) is 4.76. The first-order valence-electron chi connectivity index (χ1n) is 9.30. The number of rotatable bonds is 6. The molecule has 1 fully saturated rings. The quantitative estimate of drug-likeness (QED) is 0.432. The lowest BCUT2D eigenvalue weighted by Gasteiger charge is -2.19. The molecule has 156 valence electrons. The van der Waals surface area contributed by atoms with Gasteiger partial charge in [0, 0.05) is 0 Å². The molecule has 7 nitrogen and oxygen atoms in total. The summed E-state index contributed by atoms with van der Waals surface area (Å²) in [5.41, 5.74) is 2.50. The van der Waals surface area contributed by atoms with Crippen molar-refractivity contribution in [2.75, 3.05) is 25.7 Å². The van der Waals surface area contributed by atoms with Gasteiger partial charge in [0.1, 0.15) is 12.2 Å². The molecule has 0 radical (unpaired) electrons. The fraction of sp³-hybridized carbons (Fsp3) is 0.227. The minimum Gasteiger partial charge on any atom is -0.504 e. The van der Waals surface area contributed by atoms with E-state index in [0.29, 0.717) is 17.0 Å². The van der Waals surface area contributed by atoms with E-state index in [0.717, 1.165) is 12.0 Å². The first-order chi connectivity index (χ1) is 14.4. The summed E-state index contributed by atoms with van der Waals surface area (Å²) in [5.74, 6) is -0.652. The van der Waals surface area contributed by atoms with Crippen molar-refractivity contribution in [3.05, 3.63) is 59.3 Å². The van der Waals surface area contributed by atoms with Gasteiger partial charge in [-0.25, -0.2) is 0 Å². The summed E-state index contributed by atoms with van der Waals surface area (Å²) in [7, 11) is 2.72. The summed E-state index contributed by atoms with van der Waals surface area (Å²) in [4.78, 5) is 28.0. The van der Waals surface area contributed by atoms with Crippen LogP contribution in [0.3, 0.4) is 0 Å². The van der Waals surface area contributed by atoms with Crippen LogP contribution in [-0.2, 0) is 20.7 Å². The number of esters is 1. The molecule has 0 spiro atoms. The number of anilines is 1. The van der Waals surface area contributed by atoms with Crippen LogP contribution in [0.15, 0.2) is 48.2 Å². The van der Waals surface area contributed by atoms with E-state index in [1.54, 1.807) is 18.2 Å². The molecule has 8 heteroatoms. The van der Waals surface area contributed by atoms with Crippen molar-refractivity contribution in [3.63, 3.8) is 0 Å². The van der Waals surface area contributed by atoms with Crippen molar-refractivity contribution in [1.82, 2.24) is 4.90 Å². The summed E-state index contributed by atoms with van der Waals surface area (Å²) in [6.45, 7) is 1.84. The Morgan fingerprint density at radius 3 is 2.43 bits per heavy atom. The van der Waals surface area contributed by atoms with Gasteiger partial charge in [-0.15, -0.1) is 0 Å². The molecule has 1 saturated heterocycles. The Balaban J connectivity index is 2.03. The standard InChI is InChI=1S/C22H22N2O5S/c1-4-14-5-8-16(9-6-14)24-21(27)17(23(22(24)30)13-20(26)29-3)11-15-7-10-19(28-2)18(25)12-15/h5-12,25H,4,13H2,1-3H3/b17-11-. The molecular weight excluding hydrogens is 404 g/mol. The molecule has 2 aromatic carbocycles. The van der Waals surface area contributed by atoms with Crippen LogP contribution < -0.4 is 9.64 Å². The van der Waals surface area contributed by atoms with E-state index >= 15 is 0 Å². The largest absolute Gasteiger partial charge is 0.504 e. The molecule has 30 heavy (non-hydrogen) atoms. The number of thiocarbonyl (C=S) groups is 1. The molecular formula is C22H22N2O5S. The van der Waals surface area contributed by atoms with E-state index in [-0.39, 0.29) is 29.0 Å². The van der Waals surface area contributed by atoms with E-state index in [1.165, 1.54) is 30.1 Å². The zero-order chi connectivity index (χ0) is 21.8. The lowest BCUT2D eigenvalue weighted by Crippen LogP contribution is -2.35. The van der Waals surface area contributed by atoms with Crippen LogP contribution in [0.25, 0.3) is 6.08 Å². The van der Waals surface area contributed by atoms with E-state index in [1.807, 2.05) is 31.2 Å². The van der Waals surface area contributed by atoms with Crippen molar-refractivity contribution in [2.45, 2.75) is 13.3 Å². The van der Waals surface area contributed by atoms with Crippen molar-refractivity contribution < 1.29 is 24.2 Å². The number of amides is 1. The molecule has 2 aromatic rings. The third kappa shape index (κ3) is 4.13. The van der Waals surface area contributed by atoms with Crippen LogP contribution >= 0.6 is 12.2 Å². The predicted octanol–water partition coefficient (Wildman–Crippen LogP) is 3.11. The average molecular weight is 426 g/mol. The Bertz CT molecular complexity index is 1020. The fourth-order valence-corrected chi connectivity index (χ4v) is 3.44. The van der Waals surface area contributed by atoms with Crippen LogP contribution in [0.1, 0.15) is 18.1 Å². The lowest BCUT2D eigenvalue weighted by atomic mass is 10.1. The van der Waals surface area contributed by atoms with Gasteiger partial charge in [-0.3, -0.25) is 14.5 Å². The van der Waals surface area contributed by atoms with Gasteiger partial charge < -0.3 is 19.5 Å². The number of phenolic OH excluding ortho intramolecular Hbond substituents is 1. The predicted molar refractivity (Wildman–Crippen MR) is 117 cm³/mol. The Hall–Kier alpha value is -3.39. The number of aryl methyl sites for hydroxylation is 1. The number of nitrogens with zero attached hydrogens (tertiary/aromatic N) is 2. The summed E-state index contributed by atoms with van der Waals surface area (Å²) >= 11 is 5.52. The minimum atomic E-state index is -0.531. The molecule has 3 rings (SSSR count). The molecule has 0 unspecified atom stereocenters. The molecule has 1 aliphatic heterocycles. The second-order valence-corrected chi connectivity index (χ2v) is 6.93. The number of phenols is 1. The Labute approximate surface area is 180 Å². The number of ether oxygens (including phenoxy) is 2. The SMILES string of the molecule is CCc1ccc(N2C(=O)/C(=C/c3ccc(OC)c(O)c3)N(CC(=O)OC)C2=S)cc1. The number of hydrogen-bond acceptors (Lipinski definition) is 6. The maximum atomic E-state index is 13.3. The van der Waals surface area contributed by atoms with Gasteiger partial charge in [0.25, 0.3) is 5.91 Å². The molecule has 1 aliphatic rings. The zero-order valence-electron chi connectivity index (χ0n) is 16.9. The Morgan fingerprint density at radius 1 is 1.17 bits per heavy atom. The topological polar surface area (TPSA) is 79.3 Å². The van der Waals surface area contributed by atoms with Crippen molar-refractivity contribution in [1.29, 1.82) is 0 Å². The third-order valence-corrected chi connectivity index (χ3v) is 5.16. The zero-order valence-corrected chi connectivity index (χ0v) is 17.7. The maximum absolute atomic E-state index is 13.3. The van der Waals surface area contributed by atoms with Gasteiger partial charge in [0.05, 0.1) is 19.9 Å². The number of benzene rings is 2. The van der Waals surface area contributed by atoms with Crippen molar-refractivity contribution in [2.24, 2.45) is 0 Å². The number of carbonyl (C=O) groups is 2. The molecule has 0 atom stereocenters. The monoisotopic (exact) mass is 426 g/mol. The maximum Gasteiger partial charge on any atom is 0.325 e. The van der Waals surface area contributed by atoms with Crippen LogP contribution in [0.5, 0.6) is 11.5 Å². The van der Waals surface area contributed by atoms with Crippen LogP contribution in [0.2, 0.25) is 0 Å². The van der Waals surface area contributed by atoms with Crippen molar-refractivity contribution in [3.8, 4) is 11.5 Å². The van der Waals surface area contributed by atoms with Crippen molar-refractivity contribution >= 4 is 41.0 Å². The van der Waals surface area contributed by atoms with Crippen LogP contribution in [-0.4, -0.2) is 47.8 Å². The number of aromatic hydroxyl groups is 1. The first kappa shape index (κ1) is 21.3. The van der Waals surface area contributed by atoms with E-state index in [9.17, 15) is 14.7 Å². The summed E-state index contributed by atoms with van der Waals surface area (Å²) < 4.78 is 9.81. The lowest BCUT2D eigenvalue weighted by molar-refractivity contribution is -0.140. The van der Waals surface area contributed by atoms with E-state index < -0.39 is 5.97 Å². The van der Waals surface area contributed by atoms with Gasteiger partial charge in [0.2, 0.25) is 0 Å². The summed E-state index contributed by atoms with van der Waals surface area (Å²) in [5, 5.41) is 10.2. The second kappa shape index (κ2) is 8.96. The second-order valence-electron chi connectivity index (χ2n) is 6.57. The molecule has 0 saturated carbocycles. The normalized spacial score (nSPS) is 15.1. The number of carbonyl (C=O) groups excluding carboxylic acids is 2. The molecule has 0 aromatic heterocycles. The highest BCUT2D eigenvalue weighted by Gasteiger charge is 2.40. The highest BCUT2D eigenvalue weighted by Crippen LogP contribution is 2.31. The van der Waals surface area contributed by atoms with E-state index in [2.05, 4.69) is 0 Å². The fourth-order valence-electron chi connectivity index (χ4n) is 3.09. The van der Waals surface area contributed by atoms with Gasteiger partial charge in [0.15, 0.2) is 16.6 Å². The molecule has 1 amide bonds. The molecule has 0 aliphatic carbocycles. The first-order valence-corrected chi connectivity index (χ1v) is 9.70. The Kier molecular flexibility index (Phi) is 6.37. The molecule has 1 N–H and O–H groups in total. The highest BCUT2D eigenvalue weighted by molar-refractivity contribution is 7.80. The van der Waals surface area contributed by atoms with E-state index in [4.69, 9.17) is 21.7 Å². The van der Waals surface area contributed by atoms with Gasteiger partial charge in [-0.05, 0) is 60.1 Å².